The number of rotatable bonds is 3. The summed E-state index contributed by atoms with van der Waals surface area (Å²) in [6.07, 6.45) is -1.55. The van der Waals surface area contributed by atoms with Crippen LogP contribution in [-0.4, -0.2) is 56.8 Å². The molecule has 1 unspecified atom stereocenters. The maximum Gasteiger partial charge on any atom is 0.261 e. The van der Waals surface area contributed by atoms with E-state index in [1.165, 1.54) is 7.11 Å². The summed E-state index contributed by atoms with van der Waals surface area (Å²) in [5, 5.41) is 19.6. The molecule has 0 aliphatic carbocycles. The van der Waals surface area contributed by atoms with Crippen molar-refractivity contribution < 1.29 is 19.7 Å². The lowest BCUT2D eigenvalue weighted by Crippen LogP contribution is -2.34. The second kappa shape index (κ2) is 5.11. The van der Waals surface area contributed by atoms with Gasteiger partial charge in [0.25, 0.3) is 5.56 Å². The number of nitrogens with one attached hydrogen (secondary N) is 1. The van der Waals surface area contributed by atoms with E-state index in [9.17, 15) is 15.0 Å². The largest absolute Gasteiger partial charge is 0.394 e. The van der Waals surface area contributed by atoms with Gasteiger partial charge in [0.1, 0.15) is 18.3 Å². The second-order valence-corrected chi connectivity index (χ2v) is 4.85. The van der Waals surface area contributed by atoms with E-state index >= 15 is 0 Å². The lowest BCUT2D eigenvalue weighted by atomic mass is 10.1. The summed E-state index contributed by atoms with van der Waals surface area (Å²) < 4.78 is 12.4. The van der Waals surface area contributed by atoms with Gasteiger partial charge in [-0.15, -0.1) is 0 Å². The standard InChI is InChI=1S/C12H16N4O5/c1-20-8-7(18)6(4-17)21-11(8)16-3-2-5-9(16)14-12(13)15-10(5)19/h2-3,6-8,11,17-18H,4H2,1H3,(H3,13,14,15,19)/t6-,7-,8-,11?/m1/s1. The van der Waals surface area contributed by atoms with Crippen molar-refractivity contribution in [1.82, 2.24) is 14.5 Å². The predicted molar refractivity (Wildman–Crippen MR) is 72.6 cm³/mol. The van der Waals surface area contributed by atoms with E-state index in [-0.39, 0.29) is 18.1 Å². The van der Waals surface area contributed by atoms with Crippen molar-refractivity contribution in [1.29, 1.82) is 0 Å². The summed E-state index contributed by atoms with van der Waals surface area (Å²) in [6.45, 7) is -0.340. The fourth-order valence-corrected chi connectivity index (χ4v) is 2.61. The molecule has 0 saturated carbocycles. The first-order chi connectivity index (χ1) is 10.1. The summed E-state index contributed by atoms with van der Waals surface area (Å²) in [6, 6.07) is 1.58. The maximum atomic E-state index is 11.8. The quantitative estimate of drug-likeness (QED) is 0.545. The molecular formula is C12H16N4O5. The number of nitrogens with two attached hydrogens (primary N) is 1. The van der Waals surface area contributed by atoms with Gasteiger partial charge >= 0.3 is 0 Å². The average Bonchev–Trinajstić information content (AvgIpc) is 2.99. The van der Waals surface area contributed by atoms with Crippen LogP contribution in [0.1, 0.15) is 6.23 Å². The highest BCUT2D eigenvalue weighted by Crippen LogP contribution is 2.33. The molecule has 9 heteroatoms. The Hall–Kier alpha value is -1.94. The van der Waals surface area contributed by atoms with E-state index in [0.29, 0.717) is 11.0 Å². The predicted octanol–water partition coefficient (Wildman–Crippen LogP) is -1.43. The van der Waals surface area contributed by atoms with Crippen molar-refractivity contribution >= 4 is 17.0 Å². The molecule has 0 spiro atoms. The molecule has 3 rings (SSSR count). The van der Waals surface area contributed by atoms with Crippen molar-refractivity contribution in [2.75, 3.05) is 19.5 Å². The molecule has 3 heterocycles. The maximum absolute atomic E-state index is 11.8. The Morgan fingerprint density at radius 2 is 2.38 bits per heavy atom. The molecular weight excluding hydrogens is 280 g/mol. The SMILES string of the molecule is CO[C@H]1C(n2ccc3c(=O)[nH]c(N)nc32)O[C@H](CO)[C@H]1O. The summed E-state index contributed by atoms with van der Waals surface area (Å²) in [4.78, 5) is 18.3. The number of aliphatic hydroxyl groups excluding tert-OH is 2. The van der Waals surface area contributed by atoms with Gasteiger partial charge in [-0.1, -0.05) is 0 Å². The monoisotopic (exact) mass is 296 g/mol. The van der Waals surface area contributed by atoms with Crippen LogP contribution >= 0.6 is 0 Å². The van der Waals surface area contributed by atoms with Gasteiger partial charge in [0.2, 0.25) is 5.95 Å². The lowest BCUT2D eigenvalue weighted by Gasteiger charge is -2.20. The summed E-state index contributed by atoms with van der Waals surface area (Å²) in [5.74, 6) is -0.0151. The van der Waals surface area contributed by atoms with E-state index in [2.05, 4.69) is 9.97 Å². The number of anilines is 1. The Labute approximate surface area is 118 Å². The third-order valence-electron chi connectivity index (χ3n) is 3.64. The molecule has 1 saturated heterocycles. The molecule has 0 bridgehead atoms. The van der Waals surface area contributed by atoms with E-state index in [1.807, 2.05) is 0 Å². The Bertz CT molecular complexity index is 711. The zero-order valence-electron chi connectivity index (χ0n) is 11.3. The molecule has 9 nitrogen and oxygen atoms in total. The Morgan fingerprint density at radius 3 is 3.05 bits per heavy atom. The smallest absolute Gasteiger partial charge is 0.261 e. The fourth-order valence-electron chi connectivity index (χ4n) is 2.61. The Balaban J connectivity index is 2.10. The van der Waals surface area contributed by atoms with Crippen molar-refractivity contribution in [3.05, 3.63) is 22.6 Å². The van der Waals surface area contributed by atoms with Gasteiger partial charge in [0.15, 0.2) is 11.9 Å². The number of aromatic nitrogens is 3. The molecule has 2 aromatic rings. The van der Waals surface area contributed by atoms with Crippen LogP contribution in [0.5, 0.6) is 0 Å². The van der Waals surface area contributed by atoms with E-state index in [4.69, 9.17) is 15.2 Å². The zero-order chi connectivity index (χ0) is 15.1. The molecule has 0 amide bonds. The molecule has 4 atom stereocenters. The van der Waals surface area contributed by atoms with Gasteiger partial charge in [-0.3, -0.25) is 9.78 Å². The molecule has 0 aromatic carbocycles. The number of aromatic amines is 1. The number of H-pyrrole nitrogens is 1. The number of hydrogen-bond acceptors (Lipinski definition) is 7. The topological polar surface area (TPSA) is 136 Å². The van der Waals surface area contributed by atoms with Gasteiger partial charge in [-0.2, -0.15) is 4.98 Å². The van der Waals surface area contributed by atoms with E-state index < -0.39 is 24.5 Å². The van der Waals surface area contributed by atoms with Gasteiger partial charge < -0.3 is 30.0 Å². The van der Waals surface area contributed by atoms with Crippen molar-refractivity contribution in [3.63, 3.8) is 0 Å². The van der Waals surface area contributed by atoms with Crippen LogP contribution in [0.2, 0.25) is 0 Å². The normalized spacial score (nSPS) is 29.3. The minimum Gasteiger partial charge on any atom is -0.394 e. The number of nitrogens with zero attached hydrogens (tertiary/aromatic N) is 2. The van der Waals surface area contributed by atoms with Gasteiger partial charge in [-0.05, 0) is 6.07 Å². The molecule has 0 radical (unpaired) electrons. The van der Waals surface area contributed by atoms with Crippen LogP contribution in [0.4, 0.5) is 5.95 Å². The van der Waals surface area contributed by atoms with Crippen LogP contribution in [0.25, 0.3) is 11.0 Å². The van der Waals surface area contributed by atoms with Crippen LogP contribution in [0, 0.1) is 0 Å². The molecule has 1 aliphatic rings. The van der Waals surface area contributed by atoms with Crippen molar-refractivity contribution in [2.24, 2.45) is 0 Å². The molecule has 1 aliphatic heterocycles. The minimum absolute atomic E-state index is 0.0151. The highest BCUT2D eigenvalue weighted by atomic mass is 16.6. The second-order valence-electron chi connectivity index (χ2n) is 4.85. The first kappa shape index (κ1) is 14.0. The van der Waals surface area contributed by atoms with Crippen LogP contribution in [0.3, 0.4) is 0 Å². The summed E-state index contributed by atoms with van der Waals surface area (Å²) >= 11 is 0. The van der Waals surface area contributed by atoms with E-state index in [1.54, 1.807) is 16.8 Å². The highest BCUT2D eigenvalue weighted by molar-refractivity contribution is 5.76. The zero-order valence-corrected chi connectivity index (χ0v) is 11.3. The molecule has 114 valence electrons. The molecule has 21 heavy (non-hydrogen) atoms. The minimum atomic E-state index is -0.984. The first-order valence-electron chi connectivity index (χ1n) is 6.40. The number of methoxy groups -OCH3 is 1. The number of ether oxygens (including phenoxy) is 2. The third kappa shape index (κ3) is 2.10. The van der Waals surface area contributed by atoms with Crippen LogP contribution < -0.4 is 11.3 Å². The molecule has 5 N–H and O–H groups in total. The first-order valence-corrected chi connectivity index (χ1v) is 6.40. The number of nitrogen functional groups attached to an aromatic ring is 1. The molecule has 1 fully saturated rings. The van der Waals surface area contributed by atoms with Crippen molar-refractivity contribution in [2.45, 2.75) is 24.5 Å². The average molecular weight is 296 g/mol. The van der Waals surface area contributed by atoms with Gasteiger partial charge in [0.05, 0.1) is 12.0 Å². The molecule has 2 aromatic heterocycles. The Morgan fingerprint density at radius 1 is 1.62 bits per heavy atom. The summed E-state index contributed by atoms with van der Waals surface area (Å²) in [5.41, 5.74) is 5.53. The van der Waals surface area contributed by atoms with Gasteiger partial charge in [-0.25, -0.2) is 0 Å². The Kier molecular flexibility index (Phi) is 3.41. The van der Waals surface area contributed by atoms with Crippen LogP contribution in [-0.2, 0) is 9.47 Å². The summed E-state index contributed by atoms with van der Waals surface area (Å²) in [7, 11) is 1.43. The number of fused-ring (bicyclic) bond motifs is 1. The van der Waals surface area contributed by atoms with Crippen LogP contribution in [0.15, 0.2) is 17.1 Å². The van der Waals surface area contributed by atoms with E-state index in [0.717, 1.165) is 0 Å². The van der Waals surface area contributed by atoms with Crippen molar-refractivity contribution in [3.8, 4) is 0 Å². The third-order valence-corrected chi connectivity index (χ3v) is 3.64. The number of hydrogen-bond donors (Lipinski definition) is 4. The van der Waals surface area contributed by atoms with Gasteiger partial charge in [0, 0.05) is 13.3 Å². The number of aliphatic hydroxyl groups is 2. The highest BCUT2D eigenvalue weighted by Gasteiger charge is 2.45. The fraction of sp³-hybridized carbons (Fsp3) is 0.500. The lowest BCUT2D eigenvalue weighted by molar-refractivity contribution is -0.0580.